The van der Waals surface area contributed by atoms with Crippen molar-refractivity contribution in [1.82, 2.24) is 35.1 Å². The van der Waals surface area contributed by atoms with Crippen LogP contribution in [0.15, 0.2) is 60.8 Å². The van der Waals surface area contributed by atoms with Crippen LogP contribution in [0.1, 0.15) is 84.0 Å². The minimum atomic E-state index is -3.13. The second kappa shape index (κ2) is 21.8. The zero-order valence-electron chi connectivity index (χ0n) is 37.0. The first-order valence-corrected chi connectivity index (χ1v) is 20.6. The van der Waals surface area contributed by atoms with Crippen molar-refractivity contribution in [3.8, 4) is 22.4 Å². The van der Waals surface area contributed by atoms with Gasteiger partial charge in [0.1, 0.15) is 17.7 Å². The number of rotatable bonds is 9. The number of ether oxygens (including phenoxy) is 2. The molecule has 19 heteroatoms. The molecule has 0 bridgehead atoms. The molecule has 3 saturated heterocycles. The standard InChI is InChI=1S/C45H53F2N7O5.5H2S/c1-25(2)27(5)41(55)53-22-44(16-7-17-59-24-44)19-35(53)39-48-21-34(50-39)29-10-8-28(9-11-29)30-12-14-32-31(18-30)13-15-33-38(32)51-40(49-33)36-20-45(46,47)23-54(36)42(56)37(26(3)4)52-43(57)58-6;;;;;/h8-15,18,21,25-27,35-37H,7,16-17,19-20,22-24H2,1-6H3,(H,48,50)(H,49,51)(H,52,57);5*1H2/t27-,35-,36-,37-,44-;;;;;/m0...../s1. The highest BCUT2D eigenvalue weighted by atomic mass is 32.1. The average molecular weight is 980 g/mol. The summed E-state index contributed by atoms with van der Waals surface area (Å²) in [5.41, 5.74) is 5.10. The third-order valence-corrected chi connectivity index (χ3v) is 12.8. The predicted molar refractivity (Wildman–Crippen MR) is 272 cm³/mol. The van der Waals surface area contributed by atoms with Gasteiger partial charge >= 0.3 is 6.09 Å². The van der Waals surface area contributed by atoms with Gasteiger partial charge in [-0.2, -0.15) is 67.5 Å². The van der Waals surface area contributed by atoms with Gasteiger partial charge < -0.3 is 34.6 Å². The van der Waals surface area contributed by atoms with Crippen molar-refractivity contribution in [3.63, 3.8) is 0 Å². The molecule has 3 aliphatic heterocycles. The predicted octanol–water partition coefficient (Wildman–Crippen LogP) is 8.99. The van der Waals surface area contributed by atoms with Gasteiger partial charge in [-0.15, -0.1) is 0 Å². The molecule has 0 aliphatic carbocycles. The molecule has 2 aromatic heterocycles. The van der Waals surface area contributed by atoms with Crippen molar-refractivity contribution in [2.75, 3.05) is 33.4 Å². The quantitative estimate of drug-likeness (QED) is 0.134. The molecule has 64 heavy (non-hydrogen) atoms. The van der Waals surface area contributed by atoms with Crippen LogP contribution >= 0.6 is 67.5 Å². The van der Waals surface area contributed by atoms with Gasteiger partial charge in [0.2, 0.25) is 11.8 Å². The maximum atomic E-state index is 15.0. The fourth-order valence-electron chi connectivity index (χ4n) is 9.10. The van der Waals surface area contributed by atoms with E-state index in [2.05, 4.69) is 64.2 Å². The maximum Gasteiger partial charge on any atom is 0.407 e. The van der Waals surface area contributed by atoms with E-state index in [1.54, 1.807) is 13.8 Å². The van der Waals surface area contributed by atoms with Gasteiger partial charge in [-0.05, 0) is 65.3 Å². The van der Waals surface area contributed by atoms with E-state index < -0.39 is 43.0 Å². The number of hydrogen-bond donors (Lipinski definition) is 3. The van der Waals surface area contributed by atoms with Crippen LogP contribution in [0.4, 0.5) is 13.6 Å². The fraction of sp³-hybridized carbons (Fsp3) is 0.489. The zero-order valence-corrected chi connectivity index (χ0v) is 42.0. The van der Waals surface area contributed by atoms with Crippen LogP contribution in [0.25, 0.3) is 44.2 Å². The Morgan fingerprint density at radius 3 is 2.11 bits per heavy atom. The minimum absolute atomic E-state index is 0. The molecule has 1 spiro atoms. The molecular weight excluding hydrogens is 917 g/mol. The lowest BCUT2D eigenvalue weighted by Gasteiger charge is -2.33. The topological polar surface area (TPSA) is 146 Å². The van der Waals surface area contributed by atoms with Crippen LogP contribution in [0.5, 0.6) is 0 Å². The molecule has 5 atom stereocenters. The molecule has 5 aromatic rings. The Morgan fingerprint density at radius 2 is 1.47 bits per heavy atom. The lowest BCUT2D eigenvalue weighted by Crippen LogP contribution is -2.51. The van der Waals surface area contributed by atoms with E-state index in [0.29, 0.717) is 24.2 Å². The number of nitrogens with one attached hydrogen (secondary N) is 3. The average Bonchev–Trinajstić information content (AvgIpc) is 4.03. The summed E-state index contributed by atoms with van der Waals surface area (Å²) in [5, 5.41) is 4.27. The molecule has 0 unspecified atom stereocenters. The SMILES string of the molecule is COC(=O)N[C@H](C(=O)N1CC(F)(F)C[C@H]1c1nc2c(ccc3cc(-c4ccc(-c5cnc([C@@H]6C[C@@]7(CCCOC7)CN6C(=O)[C@@H](C)C(C)C)[nH]5)cc4)ccc32)[nH]1)C(C)C.S.S.S.S.S. The Bertz CT molecular complexity index is 2390. The summed E-state index contributed by atoms with van der Waals surface area (Å²) < 4.78 is 40.5. The first-order chi connectivity index (χ1) is 28.2. The molecule has 3 aromatic carbocycles. The van der Waals surface area contributed by atoms with Crippen molar-refractivity contribution in [2.24, 2.45) is 23.2 Å². The summed E-state index contributed by atoms with van der Waals surface area (Å²) in [6, 6.07) is 16.0. The number of nitrogens with zero attached hydrogens (tertiary/aromatic N) is 4. The largest absolute Gasteiger partial charge is 0.453 e. The lowest BCUT2D eigenvalue weighted by atomic mass is 9.80. The number of fused-ring (bicyclic) bond motifs is 3. The molecule has 8 rings (SSSR count). The minimum Gasteiger partial charge on any atom is -0.453 e. The van der Waals surface area contributed by atoms with Crippen molar-refractivity contribution < 1.29 is 32.6 Å². The van der Waals surface area contributed by atoms with Crippen molar-refractivity contribution in [2.45, 2.75) is 84.4 Å². The first-order valence-electron chi connectivity index (χ1n) is 20.6. The van der Waals surface area contributed by atoms with Crippen LogP contribution < -0.4 is 5.32 Å². The number of H-pyrrole nitrogens is 2. The van der Waals surface area contributed by atoms with E-state index in [9.17, 15) is 23.2 Å². The van der Waals surface area contributed by atoms with Gasteiger partial charge in [-0.1, -0.05) is 77.1 Å². The summed E-state index contributed by atoms with van der Waals surface area (Å²) in [7, 11) is 1.19. The Labute approximate surface area is 408 Å². The smallest absolute Gasteiger partial charge is 0.407 e. The number of alkyl carbamates (subject to hydrolysis) is 1. The van der Waals surface area contributed by atoms with Gasteiger partial charge in [0.05, 0.1) is 55.3 Å². The normalized spacial score (nSPS) is 21.0. The summed E-state index contributed by atoms with van der Waals surface area (Å²) in [5.74, 6) is -2.73. The van der Waals surface area contributed by atoms with E-state index in [0.717, 1.165) is 69.8 Å². The molecule has 352 valence electrons. The number of alkyl halides is 2. The van der Waals surface area contributed by atoms with Gasteiger partial charge in [-0.3, -0.25) is 9.59 Å². The summed E-state index contributed by atoms with van der Waals surface area (Å²) in [6.07, 6.45) is 3.32. The van der Waals surface area contributed by atoms with Crippen LogP contribution in [-0.2, 0) is 19.1 Å². The first kappa shape index (κ1) is 54.7. The van der Waals surface area contributed by atoms with Gasteiger partial charge in [-0.25, -0.2) is 23.5 Å². The molecule has 3 fully saturated rings. The molecule has 5 heterocycles. The number of aromatic nitrogens is 4. The number of halogens is 2. The molecule has 0 radical (unpaired) electrons. The number of aromatic amines is 2. The Balaban J connectivity index is 0.00000218. The molecule has 0 saturated carbocycles. The van der Waals surface area contributed by atoms with Crippen LogP contribution in [0.3, 0.4) is 0 Å². The van der Waals surface area contributed by atoms with Gasteiger partial charge in [0.25, 0.3) is 5.92 Å². The number of carbonyl (C=O) groups excluding carboxylic acids is 3. The highest BCUT2D eigenvalue weighted by Gasteiger charge is 2.51. The number of likely N-dealkylation sites (tertiary alicyclic amines) is 2. The third kappa shape index (κ3) is 10.8. The summed E-state index contributed by atoms with van der Waals surface area (Å²) in [4.78, 5) is 59.0. The molecule has 12 nitrogen and oxygen atoms in total. The van der Waals surface area contributed by atoms with E-state index in [1.165, 1.54) is 7.11 Å². The van der Waals surface area contributed by atoms with Crippen molar-refractivity contribution in [3.05, 3.63) is 72.4 Å². The molecule has 3 N–H and O–H groups in total. The second-order valence-electron chi connectivity index (χ2n) is 17.6. The summed E-state index contributed by atoms with van der Waals surface area (Å²) >= 11 is 0. The number of carbonyl (C=O) groups is 3. The Kier molecular flexibility index (Phi) is 18.6. The maximum absolute atomic E-state index is 15.0. The number of amides is 3. The van der Waals surface area contributed by atoms with Crippen molar-refractivity contribution >= 4 is 107 Å². The molecule has 3 aliphatic rings. The third-order valence-electron chi connectivity index (χ3n) is 12.8. The zero-order chi connectivity index (χ0) is 41.8. The van der Waals surface area contributed by atoms with E-state index >= 15 is 0 Å². The highest BCUT2D eigenvalue weighted by Crippen LogP contribution is 2.48. The van der Waals surface area contributed by atoms with Gasteiger partial charge in [0, 0.05) is 36.3 Å². The van der Waals surface area contributed by atoms with E-state index in [1.807, 2.05) is 42.3 Å². The fourth-order valence-corrected chi connectivity index (χ4v) is 9.10. The number of hydrogen-bond acceptors (Lipinski definition) is 7. The van der Waals surface area contributed by atoms with E-state index in [-0.39, 0.29) is 108 Å². The monoisotopic (exact) mass is 979 g/mol. The Morgan fingerprint density at radius 1 is 0.812 bits per heavy atom. The Hall–Kier alpha value is -3.62. The highest BCUT2D eigenvalue weighted by molar-refractivity contribution is 7.60. The van der Waals surface area contributed by atoms with Crippen molar-refractivity contribution in [1.29, 1.82) is 0 Å². The number of benzene rings is 3. The van der Waals surface area contributed by atoms with Crippen LogP contribution in [0.2, 0.25) is 0 Å². The number of methoxy groups -OCH3 is 1. The van der Waals surface area contributed by atoms with E-state index in [4.69, 9.17) is 14.7 Å². The van der Waals surface area contributed by atoms with Gasteiger partial charge in [0.15, 0.2) is 0 Å². The lowest BCUT2D eigenvalue weighted by molar-refractivity contribution is -0.138. The summed E-state index contributed by atoms with van der Waals surface area (Å²) in [6.45, 7) is 11.0. The van der Waals surface area contributed by atoms with Crippen LogP contribution in [0, 0.1) is 23.2 Å². The molecular formula is C45H63F2N7O5S5. The number of imidazole rings is 2. The molecule has 3 amide bonds. The van der Waals surface area contributed by atoms with Crippen LogP contribution in [-0.4, -0.2) is 93.0 Å². The second-order valence-corrected chi connectivity index (χ2v) is 17.6.